The Morgan fingerprint density at radius 2 is 2.35 bits per heavy atom. The molecule has 1 fully saturated rings. The Hall–Kier alpha value is -1.97. The van der Waals surface area contributed by atoms with Crippen LogP contribution >= 0.6 is 0 Å². The fourth-order valence-corrected chi connectivity index (χ4v) is 2.50. The molecule has 0 aromatic carbocycles. The molecular weight excluding hydrogens is 266 g/mol. The van der Waals surface area contributed by atoms with Crippen LogP contribution in [0, 0.1) is 5.92 Å². The lowest BCUT2D eigenvalue weighted by atomic mass is 10.0. The van der Waals surface area contributed by atoms with Crippen molar-refractivity contribution in [1.82, 2.24) is 19.5 Å². The maximum atomic E-state index is 11.4. The number of ether oxygens (including phenoxy) is 1. The molecule has 9 nitrogen and oxygen atoms in total. The van der Waals surface area contributed by atoms with Gasteiger partial charge in [0.15, 0.2) is 5.65 Å². The van der Waals surface area contributed by atoms with Gasteiger partial charge in [-0.1, -0.05) is 6.92 Å². The second kappa shape index (κ2) is 4.54. The van der Waals surface area contributed by atoms with Gasteiger partial charge in [0.1, 0.15) is 23.7 Å². The Balaban J connectivity index is 2.09. The Labute approximate surface area is 113 Å². The van der Waals surface area contributed by atoms with Crippen molar-refractivity contribution in [2.75, 3.05) is 12.3 Å². The van der Waals surface area contributed by atoms with Crippen LogP contribution in [0.3, 0.4) is 0 Å². The maximum absolute atomic E-state index is 11.4. The predicted octanol–water partition coefficient (Wildman–Crippen LogP) is -1.41. The molecular formula is C11H15N5O4. The number of aromatic amines is 1. The summed E-state index contributed by atoms with van der Waals surface area (Å²) in [4.78, 5) is 21.7. The fourth-order valence-electron chi connectivity index (χ4n) is 2.50. The molecule has 3 heterocycles. The monoisotopic (exact) mass is 281 g/mol. The highest BCUT2D eigenvalue weighted by Crippen LogP contribution is 2.35. The smallest absolute Gasteiger partial charge is 0.348 e. The van der Waals surface area contributed by atoms with Gasteiger partial charge in [-0.2, -0.15) is 4.98 Å². The van der Waals surface area contributed by atoms with Crippen molar-refractivity contribution in [1.29, 1.82) is 0 Å². The van der Waals surface area contributed by atoms with E-state index in [-0.39, 0.29) is 24.0 Å². The summed E-state index contributed by atoms with van der Waals surface area (Å²) in [5.41, 5.74) is 5.75. The molecule has 0 aliphatic carbocycles. The second-order valence-electron chi connectivity index (χ2n) is 4.88. The summed E-state index contributed by atoms with van der Waals surface area (Å²) in [6.45, 7) is 1.50. The third-order valence-corrected chi connectivity index (χ3v) is 3.61. The van der Waals surface area contributed by atoms with E-state index in [2.05, 4.69) is 15.0 Å². The molecule has 5 N–H and O–H groups in total. The SMILES string of the molecule is CC1C(O)[C@@H](CO)O[C@H]1n1cnc2c(N)[nH]c(=O)nc21. The molecule has 0 radical (unpaired) electrons. The lowest BCUT2D eigenvalue weighted by molar-refractivity contribution is -0.0447. The van der Waals surface area contributed by atoms with E-state index in [4.69, 9.17) is 10.5 Å². The number of fused-ring (bicyclic) bond motifs is 1. The molecule has 0 bridgehead atoms. The first kappa shape index (κ1) is 13.0. The van der Waals surface area contributed by atoms with Crippen LogP contribution in [-0.2, 0) is 4.74 Å². The minimum absolute atomic E-state index is 0.128. The number of rotatable bonds is 2. The molecule has 20 heavy (non-hydrogen) atoms. The van der Waals surface area contributed by atoms with E-state index in [0.717, 1.165) is 0 Å². The zero-order valence-electron chi connectivity index (χ0n) is 10.7. The number of aliphatic hydroxyl groups is 2. The van der Waals surface area contributed by atoms with Gasteiger partial charge in [-0.05, 0) is 0 Å². The highest BCUT2D eigenvalue weighted by molar-refractivity contribution is 5.81. The molecule has 0 saturated carbocycles. The van der Waals surface area contributed by atoms with Gasteiger partial charge in [-0.15, -0.1) is 0 Å². The number of anilines is 1. The van der Waals surface area contributed by atoms with Crippen molar-refractivity contribution in [3.63, 3.8) is 0 Å². The van der Waals surface area contributed by atoms with E-state index in [1.54, 1.807) is 11.5 Å². The van der Waals surface area contributed by atoms with E-state index < -0.39 is 24.1 Å². The van der Waals surface area contributed by atoms with Gasteiger partial charge in [0.2, 0.25) is 0 Å². The average Bonchev–Trinajstić information content (AvgIpc) is 2.93. The number of hydrogen-bond acceptors (Lipinski definition) is 7. The molecule has 1 aliphatic rings. The van der Waals surface area contributed by atoms with Crippen LogP contribution in [0.5, 0.6) is 0 Å². The van der Waals surface area contributed by atoms with E-state index in [9.17, 15) is 15.0 Å². The molecule has 108 valence electrons. The van der Waals surface area contributed by atoms with E-state index in [1.165, 1.54) is 6.33 Å². The summed E-state index contributed by atoms with van der Waals surface area (Å²) >= 11 is 0. The summed E-state index contributed by atoms with van der Waals surface area (Å²) in [6, 6.07) is 0. The van der Waals surface area contributed by atoms with Crippen molar-refractivity contribution in [2.24, 2.45) is 5.92 Å². The van der Waals surface area contributed by atoms with Gasteiger partial charge >= 0.3 is 5.69 Å². The van der Waals surface area contributed by atoms with Gasteiger partial charge < -0.3 is 20.7 Å². The summed E-state index contributed by atoms with van der Waals surface area (Å²) in [6.07, 6.45) is -0.593. The first-order valence-corrected chi connectivity index (χ1v) is 6.19. The van der Waals surface area contributed by atoms with Crippen molar-refractivity contribution in [3.8, 4) is 0 Å². The van der Waals surface area contributed by atoms with Gasteiger partial charge in [0.05, 0.1) is 19.0 Å². The topological polar surface area (TPSA) is 139 Å². The molecule has 2 aromatic heterocycles. The highest BCUT2D eigenvalue weighted by atomic mass is 16.5. The number of aliphatic hydroxyl groups excluding tert-OH is 2. The fraction of sp³-hybridized carbons (Fsp3) is 0.545. The Morgan fingerprint density at radius 1 is 1.60 bits per heavy atom. The predicted molar refractivity (Wildman–Crippen MR) is 68.7 cm³/mol. The number of hydrogen-bond donors (Lipinski definition) is 4. The van der Waals surface area contributed by atoms with Crippen molar-refractivity contribution < 1.29 is 14.9 Å². The molecule has 3 rings (SSSR count). The zero-order valence-corrected chi connectivity index (χ0v) is 10.7. The molecule has 2 unspecified atom stereocenters. The summed E-state index contributed by atoms with van der Waals surface area (Å²) in [5, 5.41) is 19.1. The van der Waals surface area contributed by atoms with Crippen LogP contribution in [0.15, 0.2) is 11.1 Å². The standard InChI is InChI=1S/C11H15N5O4/c1-4-7(18)5(2-17)20-10(4)16-3-13-6-8(12)14-11(19)15-9(6)16/h3-5,7,10,17-18H,2H2,1H3,(H3,12,14,15,19)/t4?,5-,7?,10-/m1/s1. The first-order chi connectivity index (χ1) is 9.52. The van der Waals surface area contributed by atoms with E-state index in [1.807, 2.05) is 0 Å². The quantitative estimate of drug-likeness (QED) is 0.530. The van der Waals surface area contributed by atoms with Gasteiger partial charge in [0, 0.05) is 5.92 Å². The minimum atomic E-state index is -0.804. The Kier molecular flexibility index (Phi) is 2.96. The number of imidazole rings is 1. The molecule has 1 saturated heterocycles. The molecule has 0 spiro atoms. The van der Waals surface area contributed by atoms with Crippen LogP contribution < -0.4 is 11.4 Å². The molecule has 0 amide bonds. The van der Waals surface area contributed by atoms with Crippen LogP contribution in [0.1, 0.15) is 13.2 Å². The average molecular weight is 281 g/mol. The Bertz CT molecular complexity index is 696. The minimum Gasteiger partial charge on any atom is -0.394 e. The number of nitrogens with zero attached hydrogens (tertiary/aromatic N) is 3. The molecule has 4 atom stereocenters. The van der Waals surface area contributed by atoms with Crippen molar-refractivity contribution >= 4 is 17.0 Å². The highest BCUT2D eigenvalue weighted by Gasteiger charge is 2.42. The molecule has 9 heteroatoms. The van der Waals surface area contributed by atoms with Crippen LogP contribution in [-0.4, -0.2) is 48.5 Å². The lowest BCUT2D eigenvalue weighted by Gasteiger charge is -2.17. The maximum Gasteiger partial charge on any atom is 0.348 e. The number of H-pyrrole nitrogens is 1. The van der Waals surface area contributed by atoms with Gasteiger partial charge in [-0.3, -0.25) is 9.55 Å². The molecule has 1 aliphatic heterocycles. The van der Waals surface area contributed by atoms with E-state index in [0.29, 0.717) is 5.52 Å². The van der Waals surface area contributed by atoms with Crippen LogP contribution in [0.4, 0.5) is 5.82 Å². The lowest BCUT2D eigenvalue weighted by Crippen LogP contribution is -2.28. The van der Waals surface area contributed by atoms with Crippen molar-refractivity contribution in [3.05, 3.63) is 16.8 Å². The zero-order chi connectivity index (χ0) is 14.4. The third-order valence-electron chi connectivity index (χ3n) is 3.61. The Morgan fingerprint density at radius 3 is 3.00 bits per heavy atom. The van der Waals surface area contributed by atoms with Crippen molar-refractivity contribution in [2.45, 2.75) is 25.4 Å². The summed E-state index contributed by atoms with van der Waals surface area (Å²) < 4.78 is 7.14. The summed E-state index contributed by atoms with van der Waals surface area (Å²) in [7, 11) is 0. The van der Waals surface area contributed by atoms with Gasteiger partial charge in [-0.25, -0.2) is 9.78 Å². The first-order valence-electron chi connectivity index (χ1n) is 6.19. The van der Waals surface area contributed by atoms with Crippen LogP contribution in [0.25, 0.3) is 11.2 Å². The largest absolute Gasteiger partial charge is 0.394 e. The summed E-state index contributed by atoms with van der Waals surface area (Å²) in [5.74, 6) is -0.157. The molecule has 2 aromatic rings. The normalized spacial score (nSPS) is 30.1. The van der Waals surface area contributed by atoms with Gasteiger partial charge in [0.25, 0.3) is 0 Å². The number of nitrogen functional groups attached to an aromatic ring is 1. The van der Waals surface area contributed by atoms with Crippen LogP contribution in [0.2, 0.25) is 0 Å². The third kappa shape index (κ3) is 1.79. The number of nitrogens with two attached hydrogens (primary N) is 1. The number of aromatic nitrogens is 4. The second-order valence-corrected chi connectivity index (χ2v) is 4.88. The number of nitrogens with one attached hydrogen (secondary N) is 1. The van der Waals surface area contributed by atoms with E-state index >= 15 is 0 Å².